The Hall–Kier alpha value is -2.08. The first kappa shape index (κ1) is 19.7. The molecule has 1 N–H and O–H groups in total. The van der Waals surface area contributed by atoms with Crippen LogP contribution >= 0.6 is 0 Å². The third-order valence-corrected chi connectivity index (χ3v) is 5.24. The van der Waals surface area contributed by atoms with E-state index < -0.39 is 0 Å². The fraction of sp³-hybridized carbons (Fsp3) is 0.619. The van der Waals surface area contributed by atoms with E-state index in [1.165, 1.54) is 5.69 Å². The highest BCUT2D eigenvalue weighted by molar-refractivity contribution is 5.89. The molecule has 0 saturated carbocycles. The van der Waals surface area contributed by atoms with Crippen molar-refractivity contribution in [1.82, 2.24) is 15.1 Å². The van der Waals surface area contributed by atoms with Gasteiger partial charge in [-0.3, -0.25) is 14.5 Å². The second-order valence-electron chi connectivity index (χ2n) is 8.75. The van der Waals surface area contributed by atoms with Gasteiger partial charge in [0.05, 0.1) is 12.5 Å². The van der Waals surface area contributed by atoms with Crippen LogP contribution < -0.4 is 10.2 Å². The van der Waals surface area contributed by atoms with Crippen LogP contribution in [0.2, 0.25) is 0 Å². The van der Waals surface area contributed by atoms with Crippen LogP contribution in [0.1, 0.15) is 27.2 Å². The summed E-state index contributed by atoms with van der Waals surface area (Å²) in [6, 6.07) is 9.96. The smallest absolute Gasteiger partial charge is 0.237 e. The van der Waals surface area contributed by atoms with E-state index in [2.05, 4.69) is 48.0 Å². The Kier molecular flexibility index (Phi) is 6.05. The summed E-state index contributed by atoms with van der Waals surface area (Å²) in [5.74, 6) is 0.0745. The van der Waals surface area contributed by atoms with Gasteiger partial charge in [-0.2, -0.15) is 0 Å². The average molecular weight is 373 g/mol. The minimum absolute atomic E-state index is 0.0122. The molecule has 0 spiro atoms. The highest BCUT2D eigenvalue weighted by Crippen LogP contribution is 2.21. The van der Waals surface area contributed by atoms with Crippen LogP contribution in [0, 0.1) is 5.41 Å². The first-order valence-electron chi connectivity index (χ1n) is 9.93. The summed E-state index contributed by atoms with van der Waals surface area (Å²) in [5.41, 5.74) is 1.30. The molecule has 2 aliphatic heterocycles. The summed E-state index contributed by atoms with van der Waals surface area (Å²) in [6.45, 7) is 11.9. The van der Waals surface area contributed by atoms with E-state index >= 15 is 0 Å². The molecule has 0 aromatic heterocycles. The predicted molar refractivity (Wildman–Crippen MR) is 108 cm³/mol. The van der Waals surface area contributed by atoms with Crippen molar-refractivity contribution >= 4 is 17.5 Å². The molecule has 27 heavy (non-hydrogen) atoms. The Bertz CT molecular complexity index is 648. The van der Waals surface area contributed by atoms with Crippen molar-refractivity contribution in [3.05, 3.63) is 30.3 Å². The van der Waals surface area contributed by atoms with Crippen molar-refractivity contribution in [3.63, 3.8) is 0 Å². The topological polar surface area (TPSA) is 55.9 Å². The van der Waals surface area contributed by atoms with Crippen LogP contribution in [0.5, 0.6) is 0 Å². The summed E-state index contributed by atoms with van der Waals surface area (Å²) in [6.07, 6.45) is 0.271. The molecule has 6 nitrogen and oxygen atoms in total. The first-order valence-corrected chi connectivity index (χ1v) is 9.93. The molecule has 2 aliphatic rings. The highest BCUT2D eigenvalue weighted by Gasteiger charge is 2.35. The quantitative estimate of drug-likeness (QED) is 0.872. The van der Waals surface area contributed by atoms with Gasteiger partial charge in [0.25, 0.3) is 0 Å². The molecular formula is C21H32N4O2. The molecule has 6 heteroatoms. The lowest BCUT2D eigenvalue weighted by Crippen LogP contribution is -2.59. The van der Waals surface area contributed by atoms with Gasteiger partial charge >= 0.3 is 0 Å². The lowest BCUT2D eigenvalue weighted by molar-refractivity contribution is -0.139. The SMILES string of the molecule is CC(C)(C)CN1CCNC(=O)[C@@H]1CC(=O)N1CCN(c2ccccc2)CC1. The number of nitrogens with zero attached hydrogens (tertiary/aromatic N) is 3. The van der Waals surface area contributed by atoms with Gasteiger partial charge in [-0.25, -0.2) is 0 Å². The maximum Gasteiger partial charge on any atom is 0.237 e. The van der Waals surface area contributed by atoms with E-state index in [0.29, 0.717) is 19.6 Å². The third-order valence-electron chi connectivity index (χ3n) is 5.24. The number of amides is 2. The van der Waals surface area contributed by atoms with Crippen LogP contribution in [0.3, 0.4) is 0 Å². The number of hydrogen-bond acceptors (Lipinski definition) is 4. The summed E-state index contributed by atoms with van der Waals surface area (Å²) >= 11 is 0. The van der Waals surface area contributed by atoms with Crippen molar-refractivity contribution < 1.29 is 9.59 Å². The largest absolute Gasteiger partial charge is 0.368 e. The minimum atomic E-state index is -0.349. The molecule has 2 amide bonds. The summed E-state index contributed by atoms with van der Waals surface area (Å²) < 4.78 is 0. The molecule has 2 heterocycles. The molecule has 2 saturated heterocycles. The van der Waals surface area contributed by atoms with Gasteiger partial charge < -0.3 is 15.1 Å². The zero-order valence-electron chi connectivity index (χ0n) is 16.8. The van der Waals surface area contributed by atoms with E-state index in [1.54, 1.807) is 0 Å². The zero-order valence-corrected chi connectivity index (χ0v) is 16.8. The van der Waals surface area contributed by atoms with Crippen LogP contribution in [0.15, 0.2) is 30.3 Å². The number of hydrogen-bond donors (Lipinski definition) is 1. The van der Waals surface area contributed by atoms with E-state index in [4.69, 9.17) is 0 Å². The number of piperazine rings is 2. The molecule has 0 bridgehead atoms. The lowest BCUT2D eigenvalue weighted by Gasteiger charge is -2.40. The van der Waals surface area contributed by atoms with Gasteiger partial charge in [-0.1, -0.05) is 39.0 Å². The van der Waals surface area contributed by atoms with Gasteiger partial charge in [0.1, 0.15) is 0 Å². The van der Waals surface area contributed by atoms with E-state index in [-0.39, 0.29) is 29.7 Å². The molecule has 1 atom stereocenters. The Morgan fingerprint density at radius 1 is 1.07 bits per heavy atom. The van der Waals surface area contributed by atoms with Gasteiger partial charge in [-0.05, 0) is 17.5 Å². The molecule has 2 fully saturated rings. The number of benzene rings is 1. The standard InChI is InChI=1S/C21H32N4O2/c1-21(2,3)16-25-10-9-22-20(27)18(25)15-19(26)24-13-11-23(12-14-24)17-7-5-4-6-8-17/h4-8,18H,9-16H2,1-3H3,(H,22,27)/t18-/m0/s1. The van der Waals surface area contributed by atoms with E-state index in [9.17, 15) is 9.59 Å². The van der Waals surface area contributed by atoms with Crippen molar-refractivity contribution in [2.75, 3.05) is 50.7 Å². The van der Waals surface area contributed by atoms with Crippen LogP contribution in [0.4, 0.5) is 5.69 Å². The summed E-state index contributed by atoms with van der Waals surface area (Å²) in [4.78, 5) is 31.7. The van der Waals surface area contributed by atoms with Crippen molar-refractivity contribution in [1.29, 1.82) is 0 Å². The molecule has 1 aromatic rings. The van der Waals surface area contributed by atoms with Gasteiger partial charge in [0.2, 0.25) is 11.8 Å². The van der Waals surface area contributed by atoms with E-state index in [1.807, 2.05) is 23.1 Å². The summed E-state index contributed by atoms with van der Waals surface area (Å²) in [5, 5.41) is 2.93. The molecule has 0 unspecified atom stereocenters. The Morgan fingerprint density at radius 3 is 2.37 bits per heavy atom. The van der Waals surface area contributed by atoms with Crippen LogP contribution in [-0.4, -0.2) is 73.5 Å². The Labute approximate surface area is 162 Å². The van der Waals surface area contributed by atoms with Crippen molar-refractivity contribution in [2.24, 2.45) is 5.41 Å². The number of carbonyl (C=O) groups is 2. The van der Waals surface area contributed by atoms with Crippen molar-refractivity contribution in [3.8, 4) is 0 Å². The molecule has 3 rings (SSSR count). The van der Waals surface area contributed by atoms with Crippen LogP contribution in [-0.2, 0) is 9.59 Å². The van der Waals surface area contributed by atoms with Gasteiger partial charge in [0, 0.05) is 51.5 Å². The maximum absolute atomic E-state index is 12.9. The molecule has 0 aliphatic carbocycles. The van der Waals surface area contributed by atoms with Crippen molar-refractivity contribution in [2.45, 2.75) is 33.2 Å². The Morgan fingerprint density at radius 2 is 1.74 bits per heavy atom. The third kappa shape index (κ3) is 5.22. The normalized spacial score (nSPS) is 21.9. The summed E-state index contributed by atoms with van der Waals surface area (Å²) in [7, 11) is 0. The lowest BCUT2D eigenvalue weighted by atomic mass is 9.94. The van der Waals surface area contributed by atoms with Gasteiger partial charge in [0.15, 0.2) is 0 Å². The van der Waals surface area contributed by atoms with E-state index in [0.717, 1.165) is 26.2 Å². The number of rotatable bonds is 4. The second kappa shape index (κ2) is 8.30. The monoisotopic (exact) mass is 372 g/mol. The Balaban J connectivity index is 1.57. The molecular weight excluding hydrogens is 340 g/mol. The molecule has 0 radical (unpaired) electrons. The first-order chi connectivity index (χ1) is 12.8. The number of para-hydroxylation sites is 1. The van der Waals surface area contributed by atoms with Crippen LogP contribution in [0.25, 0.3) is 0 Å². The fourth-order valence-corrected chi connectivity index (χ4v) is 3.93. The second-order valence-corrected chi connectivity index (χ2v) is 8.75. The highest BCUT2D eigenvalue weighted by atomic mass is 16.2. The van der Waals surface area contributed by atoms with Gasteiger partial charge in [-0.15, -0.1) is 0 Å². The minimum Gasteiger partial charge on any atom is -0.368 e. The fourth-order valence-electron chi connectivity index (χ4n) is 3.93. The number of nitrogens with one attached hydrogen (secondary N) is 1. The molecule has 148 valence electrons. The zero-order chi connectivity index (χ0) is 19.4. The number of anilines is 1. The average Bonchev–Trinajstić information content (AvgIpc) is 2.64. The maximum atomic E-state index is 12.9. The molecule has 1 aromatic carbocycles. The number of carbonyl (C=O) groups excluding carboxylic acids is 2. The predicted octanol–water partition coefficient (Wildman–Crippen LogP) is 1.57.